The number of carbonyl (C=O) groups is 3. The van der Waals surface area contributed by atoms with Gasteiger partial charge in [0.25, 0.3) is 5.91 Å². The molecule has 0 bridgehead atoms. The molecule has 0 saturated carbocycles. The summed E-state index contributed by atoms with van der Waals surface area (Å²) in [7, 11) is 0. The number of benzene rings is 1. The summed E-state index contributed by atoms with van der Waals surface area (Å²) in [4.78, 5) is 38.9. The highest BCUT2D eigenvalue weighted by atomic mass is 79.9. The van der Waals surface area contributed by atoms with Crippen LogP contribution in [-0.4, -0.2) is 22.8 Å². The van der Waals surface area contributed by atoms with Crippen LogP contribution in [0.2, 0.25) is 0 Å². The molecular formula is C16H16BrN5O3. The van der Waals surface area contributed by atoms with Crippen molar-refractivity contribution < 1.29 is 14.4 Å². The number of nitrogens with two attached hydrogens (primary N) is 1. The molecular weight excluding hydrogens is 390 g/mol. The molecule has 0 spiro atoms. The largest absolute Gasteiger partial charge is 0.352 e. The van der Waals surface area contributed by atoms with Crippen molar-refractivity contribution in [1.29, 1.82) is 0 Å². The third kappa shape index (κ3) is 5.88. The van der Waals surface area contributed by atoms with E-state index in [1.807, 2.05) is 0 Å². The quantitative estimate of drug-likeness (QED) is 0.560. The highest BCUT2D eigenvalue weighted by molar-refractivity contribution is 9.10. The molecule has 5 N–H and O–H groups in total. The van der Waals surface area contributed by atoms with Crippen LogP contribution in [0.1, 0.15) is 28.5 Å². The van der Waals surface area contributed by atoms with Crippen LogP contribution in [0.3, 0.4) is 0 Å². The van der Waals surface area contributed by atoms with Crippen molar-refractivity contribution in [1.82, 2.24) is 21.2 Å². The number of hydrogen-bond acceptors (Lipinski definition) is 4. The van der Waals surface area contributed by atoms with E-state index in [0.717, 1.165) is 4.47 Å². The average Bonchev–Trinajstić information content (AvgIpc) is 2.60. The Bertz CT molecular complexity index is 752. The molecule has 2 aromatic rings. The molecule has 25 heavy (non-hydrogen) atoms. The normalized spacial score (nSPS) is 11.2. The van der Waals surface area contributed by atoms with Gasteiger partial charge in [0.15, 0.2) is 0 Å². The van der Waals surface area contributed by atoms with Gasteiger partial charge in [0.2, 0.25) is 5.91 Å². The molecule has 0 aliphatic carbocycles. The summed E-state index contributed by atoms with van der Waals surface area (Å²) in [6.45, 7) is 0. The van der Waals surface area contributed by atoms with Gasteiger partial charge in [-0.3, -0.25) is 25.4 Å². The van der Waals surface area contributed by atoms with E-state index in [2.05, 4.69) is 37.1 Å². The molecule has 0 saturated heterocycles. The van der Waals surface area contributed by atoms with Crippen molar-refractivity contribution in [2.24, 2.45) is 5.73 Å². The van der Waals surface area contributed by atoms with Gasteiger partial charge in [-0.05, 0) is 29.8 Å². The standard InChI is InChI=1S/C16H16BrN5O3/c17-11-6-4-10(5-7-11)13(20-16(18)25)9-14(23)21-22-15(24)12-3-1-2-8-19-12/h1-8,13H,9H2,(H,21,23)(H,22,24)(H3,18,20,25)/t13-/m0/s1. The number of hydrogen-bond donors (Lipinski definition) is 4. The predicted molar refractivity (Wildman–Crippen MR) is 94.1 cm³/mol. The third-order valence-corrected chi connectivity index (χ3v) is 3.72. The maximum Gasteiger partial charge on any atom is 0.312 e. The number of primary amides is 1. The van der Waals surface area contributed by atoms with E-state index >= 15 is 0 Å². The maximum atomic E-state index is 12.1. The molecule has 0 radical (unpaired) electrons. The SMILES string of the molecule is NC(=O)N[C@@H](CC(=O)NNC(=O)c1ccccn1)c1ccc(Br)cc1. The van der Waals surface area contributed by atoms with Crippen LogP contribution in [0, 0.1) is 0 Å². The summed E-state index contributed by atoms with van der Waals surface area (Å²) in [5.41, 5.74) is 10.6. The van der Waals surface area contributed by atoms with Crippen LogP contribution in [-0.2, 0) is 4.79 Å². The minimum Gasteiger partial charge on any atom is -0.352 e. The van der Waals surface area contributed by atoms with E-state index in [9.17, 15) is 14.4 Å². The first-order valence-corrected chi connectivity index (χ1v) is 8.06. The van der Waals surface area contributed by atoms with E-state index in [4.69, 9.17) is 5.73 Å². The fourth-order valence-corrected chi connectivity index (χ4v) is 2.31. The van der Waals surface area contributed by atoms with Gasteiger partial charge in [-0.2, -0.15) is 0 Å². The van der Waals surface area contributed by atoms with Crippen molar-refractivity contribution in [3.8, 4) is 0 Å². The summed E-state index contributed by atoms with van der Waals surface area (Å²) in [6, 6.07) is 10.5. The van der Waals surface area contributed by atoms with Gasteiger partial charge < -0.3 is 11.1 Å². The number of pyridine rings is 1. The minimum atomic E-state index is -0.752. The topological polar surface area (TPSA) is 126 Å². The minimum absolute atomic E-state index is 0.104. The summed E-state index contributed by atoms with van der Waals surface area (Å²) in [6.07, 6.45) is 1.37. The second-order valence-corrected chi connectivity index (χ2v) is 5.95. The lowest BCUT2D eigenvalue weighted by molar-refractivity contribution is -0.122. The Morgan fingerprint density at radius 3 is 2.40 bits per heavy atom. The van der Waals surface area contributed by atoms with Crippen molar-refractivity contribution in [3.63, 3.8) is 0 Å². The van der Waals surface area contributed by atoms with Crippen molar-refractivity contribution in [3.05, 3.63) is 64.4 Å². The maximum absolute atomic E-state index is 12.1. The number of hydrazine groups is 1. The third-order valence-electron chi connectivity index (χ3n) is 3.19. The van der Waals surface area contributed by atoms with Crippen molar-refractivity contribution >= 4 is 33.8 Å². The molecule has 9 heteroatoms. The molecule has 0 unspecified atom stereocenters. The van der Waals surface area contributed by atoms with Gasteiger partial charge in [0.1, 0.15) is 5.69 Å². The summed E-state index contributed by atoms with van der Waals surface area (Å²) in [5.74, 6) is -1.04. The molecule has 1 atom stereocenters. The lowest BCUT2D eigenvalue weighted by Crippen LogP contribution is -2.44. The average molecular weight is 406 g/mol. The van der Waals surface area contributed by atoms with Crippen molar-refractivity contribution in [2.45, 2.75) is 12.5 Å². The highest BCUT2D eigenvalue weighted by Gasteiger charge is 2.18. The fourth-order valence-electron chi connectivity index (χ4n) is 2.04. The number of amides is 4. The molecule has 0 aliphatic rings. The van der Waals surface area contributed by atoms with Crippen LogP contribution in [0.25, 0.3) is 0 Å². The van der Waals surface area contributed by atoms with Crippen LogP contribution in [0.5, 0.6) is 0 Å². The lowest BCUT2D eigenvalue weighted by atomic mass is 10.0. The summed E-state index contributed by atoms with van der Waals surface area (Å²) in [5, 5.41) is 2.50. The van der Waals surface area contributed by atoms with Crippen LogP contribution < -0.4 is 21.9 Å². The first-order chi connectivity index (χ1) is 12.0. The molecule has 1 aromatic carbocycles. The van der Waals surface area contributed by atoms with Gasteiger partial charge in [0.05, 0.1) is 12.5 Å². The highest BCUT2D eigenvalue weighted by Crippen LogP contribution is 2.19. The molecule has 0 aliphatic heterocycles. The van der Waals surface area contributed by atoms with E-state index < -0.39 is 23.9 Å². The molecule has 8 nitrogen and oxygen atoms in total. The zero-order chi connectivity index (χ0) is 18.2. The summed E-state index contributed by atoms with van der Waals surface area (Å²) < 4.78 is 0.862. The Labute approximate surface area is 152 Å². The predicted octanol–water partition coefficient (Wildman–Crippen LogP) is 1.40. The Morgan fingerprint density at radius 1 is 1.08 bits per heavy atom. The molecule has 1 aromatic heterocycles. The number of carbonyl (C=O) groups excluding carboxylic acids is 3. The Balaban J connectivity index is 1.96. The number of urea groups is 1. The van der Waals surface area contributed by atoms with Gasteiger partial charge in [-0.25, -0.2) is 4.79 Å². The monoisotopic (exact) mass is 405 g/mol. The molecule has 0 fully saturated rings. The Morgan fingerprint density at radius 2 is 1.80 bits per heavy atom. The number of nitrogens with one attached hydrogen (secondary N) is 3. The molecule has 1 heterocycles. The van der Waals surface area contributed by atoms with Crippen molar-refractivity contribution in [2.75, 3.05) is 0 Å². The van der Waals surface area contributed by atoms with Crippen LogP contribution in [0.15, 0.2) is 53.1 Å². The van der Waals surface area contributed by atoms with Crippen LogP contribution in [0.4, 0.5) is 4.79 Å². The lowest BCUT2D eigenvalue weighted by Gasteiger charge is -2.18. The van der Waals surface area contributed by atoms with E-state index in [1.54, 1.807) is 36.4 Å². The number of aromatic nitrogens is 1. The van der Waals surface area contributed by atoms with E-state index in [1.165, 1.54) is 12.3 Å². The Hall–Kier alpha value is -2.94. The van der Waals surface area contributed by atoms with Gasteiger partial charge in [-0.15, -0.1) is 0 Å². The van der Waals surface area contributed by atoms with Gasteiger partial charge in [0, 0.05) is 10.7 Å². The summed E-state index contributed by atoms with van der Waals surface area (Å²) >= 11 is 3.31. The smallest absolute Gasteiger partial charge is 0.312 e. The van der Waals surface area contributed by atoms with Gasteiger partial charge >= 0.3 is 6.03 Å². The zero-order valence-electron chi connectivity index (χ0n) is 13.0. The van der Waals surface area contributed by atoms with Gasteiger partial charge in [-0.1, -0.05) is 34.1 Å². The first-order valence-electron chi connectivity index (χ1n) is 7.27. The first kappa shape index (κ1) is 18.4. The molecule has 4 amide bonds. The molecule has 2 rings (SSSR count). The zero-order valence-corrected chi connectivity index (χ0v) is 14.6. The van der Waals surface area contributed by atoms with Crippen LogP contribution >= 0.6 is 15.9 Å². The van der Waals surface area contributed by atoms with E-state index in [-0.39, 0.29) is 12.1 Å². The second kappa shape index (κ2) is 8.78. The van der Waals surface area contributed by atoms with E-state index in [0.29, 0.717) is 5.56 Å². The fraction of sp³-hybridized carbons (Fsp3) is 0.125. The number of nitrogens with zero attached hydrogens (tertiary/aromatic N) is 1. The second-order valence-electron chi connectivity index (χ2n) is 5.03. The Kier molecular flexibility index (Phi) is 6.47. The number of rotatable bonds is 5. The number of halogens is 1. The molecule has 130 valence electrons.